The van der Waals surface area contributed by atoms with Crippen molar-refractivity contribution in [3.05, 3.63) is 136 Å². The van der Waals surface area contributed by atoms with Crippen LogP contribution in [-0.4, -0.2) is 6.21 Å². The van der Waals surface area contributed by atoms with Gasteiger partial charge in [0.15, 0.2) is 0 Å². The van der Waals surface area contributed by atoms with Crippen molar-refractivity contribution in [2.75, 3.05) is 9.91 Å². The maximum absolute atomic E-state index is 4.85. The summed E-state index contributed by atoms with van der Waals surface area (Å²) in [6, 6.07) is 31.9. The van der Waals surface area contributed by atoms with Crippen LogP contribution in [0.25, 0.3) is 0 Å². The molecule has 0 spiro atoms. The molecule has 0 saturated carbocycles. The van der Waals surface area contributed by atoms with Gasteiger partial charge in [-0.15, -0.1) is 11.3 Å². The summed E-state index contributed by atoms with van der Waals surface area (Å²) < 4.78 is 0. The zero-order valence-corrected chi connectivity index (χ0v) is 20.7. The van der Waals surface area contributed by atoms with E-state index < -0.39 is 0 Å². The molecule has 174 valence electrons. The highest BCUT2D eigenvalue weighted by Gasteiger charge is 2.14. The zero-order chi connectivity index (χ0) is 23.9. The molecule has 0 saturated heterocycles. The second-order valence-electron chi connectivity index (χ2n) is 8.59. The molecule has 4 heteroatoms. The molecule has 0 bridgehead atoms. The van der Waals surface area contributed by atoms with Crippen LogP contribution in [0.15, 0.2) is 125 Å². The van der Waals surface area contributed by atoms with Gasteiger partial charge in [-0.1, -0.05) is 66.2 Å². The van der Waals surface area contributed by atoms with Crippen molar-refractivity contribution >= 4 is 34.6 Å². The molecule has 3 aromatic carbocycles. The van der Waals surface area contributed by atoms with E-state index in [4.69, 9.17) is 5.10 Å². The molecule has 0 aliphatic heterocycles. The van der Waals surface area contributed by atoms with Gasteiger partial charge in [-0.25, -0.2) is 0 Å². The van der Waals surface area contributed by atoms with Gasteiger partial charge >= 0.3 is 0 Å². The predicted octanol–water partition coefficient (Wildman–Crippen LogP) is 8.47. The maximum Gasteiger partial charge on any atom is 0.0759 e. The van der Waals surface area contributed by atoms with Gasteiger partial charge in [0.25, 0.3) is 0 Å². The Balaban J connectivity index is 1.40. The van der Waals surface area contributed by atoms with Crippen LogP contribution in [0.1, 0.15) is 28.8 Å². The summed E-state index contributed by atoms with van der Waals surface area (Å²) in [5.74, 6) is 0. The summed E-state index contributed by atoms with van der Waals surface area (Å²) >= 11 is 1.75. The van der Waals surface area contributed by atoms with Crippen LogP contribution in [0.3, 0.4) is 0 Å². The third kappa shape index (κ3) is 5.79. The minimum absolute atomic E-state index is 0.748. The standard InChI is InChI=1S/C31H29N3S/c1-25-14-18-29(19-15-25)34(28-11-6-3-7-12-28)30-20-16-26(17-21-30)23-32-33(24-31-13-8-22-35-31)27-9-4-2-5-10-27/h2,4-6,8-23H,3,7,24H2,1H3/b32-23+. The molecule has 5 rings (SSSR count). The number of aryl methyl sites for hydroxylation is 1. The average molecular weight is 476 g/mol. The number of para-hydroxylation sites is 1. The quantitative estimate of drug-likeness (QED) is 0.188. The molecular formula is C31H29N3S. The lowest BCUT2D eigenvalue weighted by Gasteiger charge is -2.27. The van der Waals surface area contributed by atoms with E-state index in [2.05, 4.69) is 125 Å². The van der Waals surface area contributed by atoms with Crippen LogP contribution in [0.5, 0.6) is 0 Å². The molecule has 4 aromatic rings. The molecule has 35 heavy (non-hydrogen) atoms. The molecule has 1 aliphatic rings. The molecule has 1 aromatic heterocycles. The average Bonchev–Trinajstić information content (AvgIpc) is 3.43. The molecule has 0 fully saturated rings. The molecule has 0 atom stereocenters. The molecular weight excluding hydrogens is 446 g/mol. The highest BCUT2D eigenvalue weighted by Crippen LogP contribution is 2.32. The van der Waals surface area contributed by atoms with Gasteiger partial charge in [0.2, 0.25) is 0 Å². The zero-order valence-electron chi connectivity index (χ0n) is 19.9. The van der Waals surface area contributed by atoms with E-state index >= 15 is 0 Å². The molecule has 0 amide bonds. The topological polar surface area (TPSA) is 18.8 Å². The first-order chi connectivity index (χ1) is 17.3. The van der Waals surface area contributed by atoms with Crippen molar-refractivity contribution in [1.29, 1.82) is 0 Å². The number of allylic oxidation sites excluding steroid dienone is 3. The molecule has 0 unspecified atom stereocenters. The Kier molecular flexibility index (Phi) is 7.21. The lowest BCUT2D eigenvalue weighted by atomic mass is 10.1. The number of hydrazone groups is 1. The highest BCUT2D eigenvalue weighted by atomic mass is 32.1. The van der Waals surface area contributed by atoms with Gasteiger partial charge in [0.05, 0.1) is 18.4 Å². The second-order valence-corrected chi connectivity index (χ2v) is 9.62. The maximum atomic E-state index is 4.85. The fourth-order valence-electron chi connectivity index (χ4n) is 4.10. The van der Waals surface area contributed by atoms with Crippen LogP contribution in [-0.2, 0) is 6.54 Å². The van der Waals surface area contributed by atoms with Crippen molar-refractivity contribution < 1.29 is 0 Å². The number of benzene rings is 3. The summed E-state index contributed by atoms with van der Waals surface area (Å²) in [6.07, 6.45) is 10.9. The molecule has 0 radical (unpaired) electrons. The Morgan fingerprint density at radius 1 is 0.800 bits per heavy atom. The fourth-order valence-corrected chi connectivity index (χ4v) is 4.79. The molecule has 1 aliphatic carbocycles. The number of thiophene rings is 1. The van der Waals surface area contributed by atoms with Crippen LogP contribution < -0.4 is 9.91 Å². The molecule has 1 heterocycles. The number of rotatable bonds is 8. The van der Waals surface area contributed by atoms with Crippen LogP contribution in [0.2, 0.25) is 0 Å². The van der Waals surface area contributed by atoms with Crippen molar-refractivity contribution in [1.82, 2.24) is 0 Å². The van der Waals surface area contributed by atoms with Gasteiger partial charge in [-0.2, -0.15) is 5.10 Å². The van der Waals surface area contributed by atoms with E-state index in [0.717, 1.165) is 36.3 Å². The summed E-state index contributed by atoms with van der Waals surface area (Å²) in [7, 11) is 0. The summed E-state index contributed by atoms with van der Waals surface area (Å²) in [5.41, 5.74) is 6.93. The Morgan fingerprint density at radius 3 is 2.20 bits per heavy atom. The fraction of sp³-hybridized carbons (Fsp3) is 0.129. The van der Waals surface area contributed by atoms with Crippen LogP contribution in [0.4, 0.5) is 17.1 Å². The first kappa shape index (κ1) is 22.9. The Bertz CT molecular complexity index is 1300. The predicted molar refractivity (Wildman–Crippen MR) is 151 cm³/mol. The second kappa shape index (κ2) is 11.0. The van der Waals surface area contributed by atoms with Gasteiger partial charge < -0.3 is 4.90 Å². The van der Waals surface area contributed by atoms with Gasteiger partial charge in [-0.05, 0) is 79.2 Å². The van der Waals surface area contributed by atoms with Crippen molar-refractivity contribution in [3.8, 4) is 0 Å². The van der Waals surface area contributed by atoms with E-state index in [1.807, 2.05) is 12.3 Å². The molecule has 3 nitrogen and oxygen atoms in total. The summed E-state index contributed by atoms with van der Waals surface area (Å²) in [5, 5.41) is 9.01. The van der Waals surface area contributed by atoms with Crippen molar-refractivity contribution in [2.45, 2.75) is 26.3 Å². The number of nitrogens with zero attached hydrogens (tertiary/aromatic N) is 3. The monoisotopic (exact) mass is 475 g/mol. The third-order valence-corrected chi connectivity index (χ3v) is 6.82. The van der Waals surface area contributed by atoms with Gasteiger partial charge in [-0.3, -0.25) is 5.01 Å². The Morgan fingerprint density at radius 2 is 1.54 bits per heavy atom. The number of hydrogen-bond acceptors (Lipinski definition) is 4. The first-order valence-corrected chi connectivity index (χ1v) is 12.9. The summed E-state index contributed by atoms with van der Waals surface area (Å²) in [6.45, 7) is 2.87. The van der Waals surface area contributed by atoms with E-state index in [9.17, 15) is 0 Å². The summed E-state index contributed by atoms with van der Waals surface area (Å²) in [4.78, 5) is 3.60. The van der Waals surface area contributed by atoms with E-state index in [0.29, 0.717) is 0 Å². The third-order valence-electron chi connectivity index (χ3n) is 5.96. The highest BCUT2D eigenvalue weighted by molar-refractivity contribution is 7.09. The largest absolute Gasteiger partial charge is 0.311 e. The van der Waals surface area contributed by atoms with Crippen LogP contribution in [0, 0.1) is 6.92 Å². The van der Waals surface area contributed by atoms with Crippen LogP contribution >= 0.6 is 11.3 Å². The normalized spacial score (nSPS) is 13.1. The van der Waals surface area contributed by atoms with Gasteiger partial charge in [0, 0.05) is 21.9 Å². The number of anilines is 3. The Labute approximate surface area is 212 Å². The smallest absolute Gasteiger partial charge is 0.0759 e. The minimum Gasteiger partial charge on any atom is -0.311 e. The lowest BCUT2D eigenvalue weighted by molar-refractivity contribution is 0.871. The lowest BCUT2D eigenvalue weighted by Crippen LogP contribution is -2.16. The van der Waals surface area contributed by atoms with Crippen molar-refractivity contribution in [2.24, 2.45) is 5.10 Å². The van der Waals surface area contributed by atoms with Crippen molar-refractivity contribution in [3.63, 3.8) is 0 Å². The minimum atomic E-state index is 0.748. The van der Waals surface area contributed by atoms with E-state index in [1.54, 1.807) is 11.3 Å². The van der Waals surface area contributed by atoms with Gasteiger partial charge in [0.1, 0.15) is 0 Å². The molecule has 0 N–H and O–H groups in total. The van der Waals surface area contributed by atoms with E-state index in [-0.39, 0.29) is 0 Å². The first-order valence-electron chi connectivity index (χ1n) is 12.0. The Hall–Kier alpha value is -3.89. The van der Waals surface area contributed by atoms with E-state index in [1.165, 1.54) is 21.8 Å². The number of hydrogen-bond donors (Lipinski definition) is 0. The SMILES string of the molecule is Cc1ccc(N(C2=CCCC=C2)c2ccc(/C=N/N(Cc3cccs3)c3ccccc3)cc2)cc1.